The number of benzene rings is 2. The number of nitrogens with zero attached hydrogens (tertiary/aromatic N) is 3. The van der Waals surface area contributed by atoms with Gasteiger partial charge < -0.3 is 19.9 Å². The van der Waals surface area contributed by atoms with Crippen molar-refractivity contribution >= 4 is 11.5 Å². The maximum atomic E-state index is 11.2. The van der Waals surface area contributed by atoms with Crippen LogP contribution in [-0.2, 0) is 4.74 Å². The monoisotopic (exact) mass is 406 g/mol. The van der Waals surface area contributed by atoms with E-state index in [1.807, 2.05) is 6.07 Å². The fourth-order valence-electron chi connectivity index (χ4n) is 3.00. The number of nitro groups is 1. The van der Waals surface area contributed by atoms with Gasteiger partial charge in [0.1, 0.15) is 28.9 Å². The highest BCUT2D eigenvalue weighted by Gasteiger charge is 2.20. The van der Waals surface area contributed by atoms with Crippen LogP contribution in [-0.4, -0.2) is 30.9 Å². The molecule has 0 atom stereocenters. The molecular weight excluding hydrogens is 388 g/mol. The van der Waals surface area contributed by atoms with E-state index in [4.69, 9.17) is 19.9 Å². The molecule has 0 amide bonds. The van der Waals surface area contributed by atoms with Crippen LogP contribution >= 0.6 is 0 Å². The number of rotatable bonds is 7. The second-order valence-electron chi connectivity index (χ2n) is 6.12. The summed E-state index contributed by atoms with van der Waals surface area (Å²) in [5.74, 6) is 0.906. The van der Waals surface area contributed by atoms with Crippen LogP contribution in [0.1, 0.15) is 5.56 Å². The summed E-state index contributed by atoms with van der Waals surface area (Å²) in [6.45, 7) is 0.00364. The summed E-state index contributed by atoms with van der Waals surface area (Å²) in [4.78, 5) is 15.0. The molecule has 3 rings (SSSR count). The van der Waals surface area contributed by atoms with E-state index in [1.165, 1.54) is 26.4 Å². The lowest BCUT2D eigenvalue weighted by molar-refractivity contribution is -0.384. The zero-order valence-electron chi connectivity index (χ0n) is 16.3. The minimum atomic E-state index is -0.502. The molecule has 0 unspecified atom stereocenters. The summed E-state index contributed by atoms with van der Waals surface area (Å²) in [7, 11) is 3.01. The van der Waals surface area contributed by atoms with Crippen LogP contribution < -0.4 is 15.2 Å². The fourth-order valence-corrected chi connectivity index (χ4v) is 3.00. The van der Waals surface area contributed by atoms with E-state index >= 15 is 0 Å². The lowest BCUT2D eigenvalue weighted by Crippen LogP contribution is -2.04. The zero-order chi connectivity index (χ0) is 21.7. The predicted molar refractivity (Wildman–Crippen MR) is 110 cm³/mol. The third-order valence-electron chi connectivity index (χ3n) is 4.32. The number of methoxy groups -OCH3 is 2. The smallest absolute Gasteiger partial charge is 0.270 e. The van der Waals surface area contributed by atoms with Gasteiger partial charge in [-0.25, -0.2) is 4.98 Å². The van der Waals surface area contributed by atoms with Crippen LogP contribution in [0.5, 0.6) is 11.5 Å². The molecule has 9 heteroatoms. The number of non-ortho nitro benzene ring substituents is 1. The number of anilines is 1. The first-order valence-corrected chi connectivity index (χ1v) is 8.74. The van der Waals surface area contributed by atoms with Gasteiger partial charge in [0.2, 0.25) is 0 Å². The summed E-state index contributed by atoms with van der Waals surface area (Å²) >= 11 is 0. The second kappa shape index (κ2) is 8.89. The molecule has 152 valence electrons. The van der Waals surface area contributed by atoms with Crippen LogP contribution in [0.25, 0.3) is 22.4 Å². The third-order valence-corrected chi connectivity index (χ3v) is 4.32. The molecule has 0 aliphatic carbocycles. The number of aromatic nitrogens is 1. The van der Waals surface area contributed by atoms with E-state index in [-0.39, 0.29) is 23.9 Å². The van der Waals surface area contributed by atoms with Gasteiger partial charge in [-0.05, 0) is 23.8 Å². The lowest BCUT2D eigenvalue weighted by atomic mass is 9.97. The maximum absolute atomic E-state index is 11.2. The van der Waals surface area contributed by atoms with Crippen molar-refractivity contribution in [1.82, 2.24) is 4.98 Å². The molecule has 0 radical (unpaired) electrons. The Morgan fingerprint density at radius 3 is 2.57 bits per heavy atom. The molecule has 0 aliphatic heterocycles. The molecule has 30 heavy (non-hydrogen) atoms. The predicted octanol–water partition coefficient (Wildman–Crippen LogP) is 3.77. The number of hydrogen-bond donors (Lipinski definition) is 1. The third kappa shape index (κ3) is 3.99. The van der Waals surface area contributed by atoms with E-state index in [0.717, 1.165) is 0 Å². The molecule has 0 fully saturated rings. The molecule has 0 bridgehead atoms. The number of pyridine rings is 1. The molecule has 0 spiro atoms. The summed E-state index contributed by atoms with van der Waals surface area (Å²) in [6.07, 6.45) is 0. The minimum Gasteiger partial charge on any atom is -0.496 e. The Bertz CT molecular complexity index is 1140. The Hall–Kier alpha value is -4.16. The van der Waals surface area contributed by atoms with Crippen LogP contribution in [0.2, 0.25) is 0 Å². The van der Waals surface area contributed by atoms with E-state index < -0.39 is 4.92 Å². The van der Waals surface area contributed by atoms with Crippen molar-refractivity contribution in [3.8, 4) is 40.0 Å². The van der Waals surface area contributed by atoms with E-state index in [2.05, 4.69) is 4.98 Å². The molecule has 0 saturated carbocycles. The van der Waals surface area contributed by atoms with Gasteiger partial charge in [0.15, 0.2) is 6.79 Å². The van der Waals surface area contributed by atoms with Crippen molar-refractivity contribution in [1.29, 1.82) is 5.26 Å². The van der Waals surface area contributed by atoms with Crippen molar-refractivity contribution in [2.75, 3.05) is 26.7 Å². The minimum absolute atomic E-state index is 0.00364. The molecule has 1 aromatic heterocycles. The fraction of sp³-hybridized carbons (Fsp3) is 0.143. The van der Waals surface area contributed by atoms with Gasteiger partial charge in [0.05, 0.1) is 23.3 Å². The van der Waals surface area contributed by atoms with E-state index in [0.29, 0.717) is 33.9 Å². The Morgan fingerprint density at radius 2 is 1.90 bits per heavy atom. The molecule has 3 aromatic rings. The molecule has 1 heterocycles. The second-order valence-corrected chi connectivity index (χ2v) is 6.12. The van der Waals surface area contributed by atoms with Crippen LogP contribution in [0.4, 0.5) is 11.5 Å². The van der Waals surface area contributed by atoms with Gasteiger partial charge in [0, 0.05) is 24.8 Å². The highest BCUT2D eigenvalue weighted by molar-refractivity contribution is 5.84. The van der Waals surface area contributed by atoms with Crippen molar-refractivity contribution in [2.24, 2.45) is 0 Å². The van der Waals surface area contributed by atoms with Gasteiger partial charge in [-0.3, -0.25) is 10.1 Å². The summed E-state index contributed by atoms with van der Waals surface area (Å²) in [5.41, 5.74) is 7.86. The van der Waals surface area contributed by atoms with Crippen molar-refractivity contribution in [3.63, 3.8) is 0 Å². The van der Waals surface area contributed by atoms with Gasteiger partial charge in [-0.1, -0.05) is 18.2 Å². The highest BCUT2D eigenvalue weighted by Crippen LogP contribution is 2.40. The first-order chi connectivity index (χ1) is 14.5. The molecule has 2 N–H and O–H groups in total. The Labute approximate surface area is 172 Å². The number of nitrogen functional groups attached to an aromatic ring is 1. The van der Waals surface area contributed by atoms with Crippen molar-refractivity contribution in [2.45, 2.75) is 0 Å². The lowest BCUT2D eigenvalue weighted by Gasteiger charge is -2.16. The zero-order valence-corrected chi connectivity index (χ0v) is 16.3. The topological polar surface area (TPSA) is 134 Å². The van der Waals surface area contributed by atoms with Crippen molar-refractivity contribution < 1.29 is 19.1 Å². The average Bonchev–Trinajstić information content (AvgIpc) is 2.76. The number of hydrogen-bond acceptors (Lipinski definition) is 8. The normalized spacial score (nSPS) is 10.3. The number of nitro benzene ring substituents is 1. The Balaban J connectivity index is 2.26. The summed E-state index contributed by atoms with van der Waals surface area (Å²) < 4.78 is 16.1. The SMILES string of the molecule is COCOc1cccc(OC)c1-c1cc(-c2cccc([N+](=O)[O-])c2)c(C#N)c(N)n1. The van der Waals surface area contributed by atoms with Crippen LogP contribution in [0.15, 0.2) is 48.5 Å². The van der Waals surface area contributed by atoms with Gasteiger partial charge in [0.25, 0.3) is 5.69 Å². The van der Waals surface area contributed by atoms with Crippen LogP contribution in [0, 0.1) is 21.4 Å². The molecule has 2 aromatic carbocycles. The first kappa shape index (κ1) is 20.6. The quantitative estimate of drug-likeness (QED) is 0.356. The highest BCUT2D eigenvalue weighted by atomic mass is 16.7. The molecule has 0 aliphatic rings. The standard InChI is InChI=1S/C21H18N4O5/c1-28-12-30-19-8-4-7-18(29-2)20(19)17-10-15(16(11-22)21(23)24-17)13-5-3-6-14(9-13)25(26)27/h3-10H,12H2,1-2H3,(H2,23,24). The summed E-state index contributed by atoms with van der Waals surface area (Å²) in [5, 5.41) is 20.8. The molecule has 9 nitrogen and oxygen atoms in total. The van der Waals surface area contributed by atoms with Gasteiger partial charge in [-0.2, -0.15) is 5.26 Å². The average molecular weight is 406 g/mol. The van der Waals surface area contributed by atoms with Gasteiger partial charge in [-0.15, -0.1) is 0 Å². The summed E-state index contributed by atoms with van der Waals surface area (Å²) in [6, 6.07) is 14.8. The maximum Gasteiger partial charge on any atom is 0.270 e. The number of nitrogens with two attached hydrogens (primary N) is 1. The number of nitriles is 1. The van der Waals surface area contributed by atoms with E-state index in [9.17, 15) is 15.4 Å². The van der Waals surface area contributed by atoms with Gasteiger partial charge >= 0.3 is 0 Å². The van der Waals surface area contributed by atoms with Crippen LogP contribution in [0.3, 0.4) is 0 Å². The largest absolute Gasteiger partial charge is 0.496 e. The Morgan fingerprint density at radius 1 is 1.17 bits per heavy atom. The van der Waals surface area contributed by atoms with E-state index in [1.54, 1.807) is 36.4 Å². The van der Waals surface area contributed by atoms with Crippen molar-refractivity contribution in [3.05, 3.63) is 64.2 Å². The number of ether oxygens (including phenoxy) is 3. The Kier molecular flexibility index (Phi) is 6.10. The first-order valence-electron chi connectivity index (χ1n) is 8.74. The molecule has 0 saturated heterocycles. The molecular formula is C21H18N4O5.